The topological polar surface area (TPSA) is 38.7 Å². The van der Waals surface area contributed by atoms with Crippen LogP contribution in [-0.4, -0.2) is 24.9 Å². The quantitative estimate of drug-likeness (QED) is 0.649. The fourth-order valence-electron chi connectivity index (χ4n) is 1.57. The molecule has 1 aromatic rings. The molecule has 0 fully saturated rings. The molecule has 3 heteroatoms. The highest BCUT2D eigenvalue weighted by molar-refractivity contribution is 5.32. The van der Waals surface area contributed by atoms with Gasteiger partial charge in [-0.2, -0.15) is 0 Å². The number of rotatable bonds is 10. The number of benzene rings is 1. The number of aliphatic hydroxyl groups is 1. The standard InChI is InChI=1S/C15H24O3/c1-2-3-11-17-14-8-7-9-15(13-14)18-12-6-4-5-10-16/h7-9,13,16H,2-6,10-12H2,1H3. The van der Waals surface area contributed by atoms with Crippen molar-refractivity contribution in [3.05, 3.63) is 24.3 Å². The Balaban J connectivity index is 2.26. The first kappa shape index (κ1) is 14.8. The molecule has 0 aliphatic heterocycles. The molecule has 102 valence electrons. The van der Waals surface area contributed by atoms with Gasteiger partial charge in [0.15, 0.2) is 0 Å². The number of hydrogen-bond acceptors (Lipinski definition) is 3. The first-order chi connectivity index (χ1) is 8.86. The van der Waals surface area contributed by atoms with Crippen molar-refractivity contribution in [3.8, 4) is 11.5 Å². The summed E-state index contributed by atoms with van der Waals surface area (Å²) >= 11 is 0. The molecule has 18 heavy (non-hydrogen) atoms. The minimum atomic E-state index is 0.265. The van der Waals surface area contributed by atoms with Crippen LogP contribution in [0, 0.1) is 0 Å². The summed E-state index contributed by atoms with van der Waals surface area (Å²) in [5.41, 5.74) is 0. The van der Waals surface area contributed by atoms with Crippen LogP contribution < -0.4 is 9.47 Å². The van der Waals surface area contributed by atoms with E-state index in [1.54, 1.807) is 0 Å². The van der Waals surface area contributed by atoms with Gasteiger partial charge < -0.3 is 14.6 Å². The maximum absolute atomic E-state index is 8.66. The lowest BCUT2D eigenvalue weighted by Gasteiger charge is -2.09. The summed E-state index contributed by atoms with van der Waals surface area (Å²) in [6, 6.07) is 7.78. The molecule has 0 saturated heterocycles. The lowest BCUT2D eigenvalue weighted by Crippen LogP contribution is -1.99. The van der Waals surface area contributed by atoms with Crippen molar-refractivity contribution >= 4 is 0 Å². The molecule has 0 unspecified atom stereocenters. The molecule has 0 radical (unpaired) electrons. The zero-order valence-electron chi connectivity index (χ0n) is 11.2. The number of hydrogen-bond donors (Lipinski definition) is 1. The molecular formula is C15H24O3. The van der Waals surface area contributed by atoms with Gasteiger partial charge in [-0.3, -0.25) is 0 Å². The molecule has 0 bridgehead atoms. The van der Waals surface area contributed by atoms with E-state index in [1.807, 2.05) is 24.3 Å². The third kappa shape index (κ3) is 6.50. The molecule has 0 spiro atoms. The Hall–Kier alpha value is -1.22. The predicted octanol–water partition coefficient (Wildman–Crippen LogP) is 3.41. The first-order valence-corrected chi connectivity index (χ1v) is 6.83. The summed E-state index contributed by atoms with van der Waals surface area (Å²) in [4.78, 5) is 0. The van der Waals surface area contributed by atoms with Crippen LogP contribution in [0.1, 0.15) is 39.0 Å². The second kappa shape index (κ2) is 9.77. The predicted molar refractivity (Wildman–Crippen MR) is 73.3 cm³/mol. The summed E-state index contributed by atoms with van der Waals surface area (Å²) in [5, 5.41) is 8.66. The molecule has 0 aromatic heterocycles. The van der Waals surface area contributed by atoms with Gasteiger partial charge in [-0.25, -0.2) is 0 Å². The number of ether oxygens (including phenoxy) is 2. The molecule has 0 saturated carbocycles. The van der Waals surface area contributed by atoms with E-state index in [9.17, 15) is 0 Å². The highest BCUT2D eigenvalue weighted by atomic mass is 16.5. The summed E-state index contributed by atoms with van der Waals surface area (Å²) in [7, 11) is 0. The van der Waals surface area contributed by atoms with Gasteiger partial charge in [-0.15, -0.1) is 0 Å². The van der Waals surface area contributed by atoms with E-state index in [-0.39, 0.29) is 6.61 Å². The van der Waals surface area contributed by atoms with E-state index in [0.29, 0.717) is 6.61 Å². The van der Waals surface area contributed by atoms with E-state index in [4.69, 9.17) is 14.6 Å². The second-order valence-corrected chi connectivity index (χ2v) is 4.31. The van der Waals surface area contributed by atoms with Crippen molar-refractivity contribution < 1.29 is 14.6 Å². The third-order valence-corrected chi connectivity index (χ3v) is 2.64. The molecule has 0 aliphatic rings. The minimum absolute atomic E-state index is 0.265. The molecule has 1 rings (SSSR count). The van der Waals surface area contributed by atoms with E-state index in [0.717, 1.165) is 50.2 Å². The van der Waals surface area contributed by atoms with Gasteiger partial charge in [0, 0.05) is 12.7 Å². The van der Waals surface area contributed by atoms with Crippen LogP contribution in [0.3, 0.4) is 0 Å². The van der Waals surface area contributed by atoms with Gasteiger partial charge >= 0.3 is 0 Å². The molecule has 0 atom stereocenters. The fourth-order valence-corrected chi connectivity index (χ4v) is 1.57. The normalized spacial score (nSPS) is 10.3. The molecule has 0 heterocycles. The Kier molecular flexibility index (Phi) is 8.06. The fraction of sp³-hybridized carbons (Fsp3) is 0.600. The van der Waals surface area contributed by atoms with Crippen molar-refractivity contribution in [1.29, 1.82) is 0 Å². The van der Waals surface area contributed by atoms with Gasteiger partial charge in [0.25, 0.3) is 0 Å². The smallest absolute Gasteiger partial charge is 0.122 e. The first-order valence-electron chi connectivity index (χ1n) is 6.83. The second-order valence-electron chi connectivity index (χ2n) is 4.31. The molecule has 3 nitrogen and oxygen atoms in total. The van der Waals surface area contributed by atoms with E-state index in [2.05, 4.69) is 6.92 Å². The van der Waals surface area contributed by atoms with Crippen LogP contribution in [0.2, 0.25) is 0 Å². The minimum Gasteiger partial charge on any atom is -0.493 e. The van der Waals surface area contributed by atoms with Gasteiger partial charge in [-0.1, -0.05) is 19.4 Å². The van der Waals surface area contributed by atoms with Crippen LogP contribution >= 0.6 is 0 Å². The monoisotopic (exact) mass is 252 g/mol. The van der Waals surface area contributed by atoms with Crippen molar-refractivity contribution in [1.82, 2.24) is 0 Å². The van der Waals surface area contributed by atoms with Gasteiger partial charge in [0.2, 0.25) is 0 Å². The van der Waals surface area contributed by atoms with E-state index in [1.165, 1.54) is 0 Å². The largest absolute Gasteiger partial charge is 0.493 e. The third-order valence-electron chi connectivity index (χ3n) is 2.64. The summed E-state index contributed by atoms with van der Waals surface area (Å²) in [6.45, 7) is 3.87. The van der Waals surface area contributed by atoms with Crippen LogP contribution in [-0.2, 0) is 0 Å². The Morgan fingerprint density at radius 2 is 1.61 bits per heavy atom. The van der Waals surface area contributed by atoms with E-state index < -0.39 is 0 Å². The molecule has 0 amide bonds. The van der Waals surface area contributed by atoms with E-state index >= 15 is 0 Å². The Morgan fingerprint density at radius 3 is 2.22 bits per heavy atom. The maximum atomic E-state index is 8.66. The van der Waals surface area contributed by atoms with Crippen LogP contribution in [0.5, 0.6) is 11.5 Å². The van der Waals surface area contributed by atoms with Crippen molar-refractivity contribution in [3.63, 3.8) is 0 Å². The Morgan fingerprint density at radius 1 is 0.944 bits per heavy atom. The SMILES string of the molecule is CCCCOc1cccc(OCCCCCO)c1. The molecule has 1 aromatic carbocycles. The highest BCUT2D eigenvalue weighted by Gasteiger charge is 1.98. The van der Waals surface area contributed by atoms with Crippen molar-refractivity contribution in [2.45, 2.75) is 39.0 Å². The highest BCUT2D eigenvalue weighted by Crippen LogP contribution is 2.19. The summed E-state index contributed by atoms with van der Waals surface area (Å²) in [5.74, 6) is 1.73. The lowest BCUT2D eigenvalue weighted by atomic mass is 10.2. The lowest BCUT2D eigenvalue weighted by molar-refractivity contribution is 0.264. The number of unbranched alkanes of at least 4 members (excludes halogenated alkanes) is 3. The summed E-state index contributed by atoms with van der Waals surface area (Å²) in [6.07, 6.45) is 5.04. The summed E-state index contributed by atoms with van der Waals surface area (Å²) < 4.78 is 11.3. The van der Waals surface area contributed by atoms with Crippen LogP contribution in [0.4, 0.5) is 0 Å². The number of aliphatic hydroxyl groups excluding tert-OH is 1. The zero-order valence-corrected chi connectivity index (χ0v) is 11.2. The van der Waals surface area contributed by atoms with Gasteiger partial charge in [0.1, 0.15) is 11.5 Å². The average molecular weight is 252 g/mol. The van der Waals surface area contributed by atoms with Crippen LogP contribution in [0.25, 0.3) is 0 Å². The molecular weight excluding hydrogens is 228 g/mol. The Bertz CT molecular complexity index is 312. The Labute approximate surface area is 110 Å². The van der Waals surface area contributed by atoms with Gasteiger partial charge in [0.05, 0.1) is 13.2 Å². The maximum Gasteiger partial charge on any atom is 0.122 e. The van der Waals surface area contributed by atoms with Crippen molar-refractivity contribution in [2.75, 3.05) is 19.8 Å². The van der Waals surface area contributed by atoms with Crippen molar-refractivity contribution in [2.24, 2.45) is 0 Å². The van der Waals surface area contributed by atoms with Crippen LogP contribution in [0.15, 0.2) is 24.3 Å². The zero-order chi connectivity index (χ0) is 13.1. The molecule has 1 N–H and O–H groups in total. The van der Waals surface area contributed by atoms with Gasteiger partial charge in [-0.05, 0) is 37.8 Å². The average Bonchev–Trinajstić information content (AvgIpc) is 2.39. The molecule has 0 aliphatic carbocycles.